The lowest BCUT2D eigenvalue weighted by atomic mass is 10.2. The maximum Gasteiger partial charge on any atom is 0.253 e. The Balaban J connectivity index is 2.18. The minimum Gasteiger partial charge on any atom is -0.296 e. The van der Waals surface area contributed by atoms with E-state index >= 15 is 0 Å². The summed E-state index contributed by atoms with van der Waals surface area (Å²) in [5, 5.41) is 0. The Bertz CT molecular complexity index is 514. The third-order valence-corrected chi connectivity index (χ3v) is 2.85. The molecule has 1 heterocycles. The van der Waals surface area contributed by atoms with Gasteiger partial charge in [-0.25, -0.2) is 9.13 Å². The number of hydrogen-bond acceptors (Lipinski definition) is 1. The fourth-order valence-corrected chi connectivity index (χ4v) is 1.90. The van der Waals surface area contributed by atoms with Gasteiger partial charge in [0.15, 0.2) is 5.78 Å². The molecule has 3 nitrogen and oxygen atoms in total. The van der Waals surface area contributed by atoms with Gasteiger partial charge in [0.1, 0.15) is 25.5 Å². The maximum absolute atomic E-state index is 11.1. The van der Waals surface area contributed by atoms with E-state index in [4.69, 9.17) is 0 Å². The van der Waals surface area contributed by atoms with Crippen LogP contribution in [0.1, 0.15) is 18.3 Å². The third kappa shape index (κ3) is 2.81. The summed E-state index contributed by atoms with van der Waals surface area (Å²) in [6.07, 6.45) is 3.98. The molecule has 0 saturated heterocycles. The van der Waals surface area contributed by atoms with E-state index in [1.807, 2.05) is 42.1 Å². The molecule has 0 spiro atoms. The molecular weight excluding hydrogens is 212 g/mol. The zero-order valence-electron chi connectivity index (χ0n) is 10.3. The zero-order valence-corrected chi connectivity index (χ0v) is 10.3. The van der Waals surface area contributed by atoms with Crippen molar-refractivity contribution in [1.29, 1.82) is 0 Å². The number of hydrogen-bond donors (Lipinski definition) is 0. The van der Waals surface area contributed by atoms with Crippen LogP contribution in [0.5, 0.6) is 0 Å². The first-order valence-corrected chi connectivity index (χ1v) is 5.75. The van der Waals surface area contributed by atoms with E-state index in [2.05, 4.69) is 16.7 Å². The number of ketones is 1. The Labute approximate surface area is 101 Å². The fourth-order valence-electron chi connectivity index (χ4n) is 1.90. The van der Waals surface area contributed by atoms with Crippen LogP contribution in [0.2, 0.25) is 0 Å². The van der Waals surface area contributed by atoms with Gasteiger partial charge in [-0.15, -0.1) is 0 Å². The van der Waals surface area contributed by atoms with Gasteiger partial charge in [-0.05, 0) is 12.5 Å². The molecule has 0 bridgehead atoms. The highest BCUT2D eigenvalue weighted by atomic mass is 16.1. The smallest absolute Gasteiger partial charge is 0.253 e. The lowest BCUT2D eigenvalue weighted by Crippen LogP contribution is -2.36. The number of carbonyl (C=O) groups excluding carboxylic acids is 1. The monoisotopic (exact) mass is 229 g/mol. The molecule has 0 unspecified atom stereocenters. The van der Waals surface area contributed by atoms with Crippen molar-refractivity contribution < 1.29 is 9.36 Å². The van der Waals surface area contributed by atoms with Crippen LogP contribution in [-0.2, 0) is 17.9 Å². The van der Waals surface area contributed by atoms with Crippen molar-refractivity contribution >= 4 is 5.78 Å². The Morgan fingerprint density at radius 2 is 2.00 bits per heavy atom. The first-order valence-electron chi connectivity index (χ1n) is 5.75. The second kappa shape index (κ2) is 4.95. The van der Waals surface area contributed by atoms with Crippen molar-refractivity contribution in [2.75, 3.05) is 0 Å². The minimum absolute atomic E-state index is 0.176. The van der Waals surface area contributed by atoms with E-state index in [1.165, 1.54) is 5.56 Å². The minimum atomic E-state index is 0.176. The van der Waals surface area contributed by atoms with Gasteiger partial charge in [0, 0.05) is 6.92 Å². The van der Waals surface area contributed by atoms with Gasteiger partial charge < -0.3 is 0 Å². The number of imidazole rings is 1. The van der Waals surface area contributed by atoms with Crippen molar-refractivity contribution in [2.24, 2.45) is 0 Å². The molecule has 1 aromatic carbocycles. The first-order chi connectivity index (χ1) is 8.16. The highest BCUT2D eigenvalue weighted by Gasteiger charge is 2.13. The number of nitrogens with zero attached hydrogens (tertiary/aromatic N) is 2. The lowest BCUT2D eigenvalue weighted by Gasteiger charge is -2.00. The van der Waals surface area contributed by atoms with Crippen molar-refractivity contribution in [3.05, 3.63) is 54.1 Å². The summed E-state index contributed by atoms with van der Waals surface area (Å²) >= 11 is 0. The van der Waals surface area contributed by atoms with E-state index in [-0.39, 0.29) is 5.78 Å². The molecule has 0 aliphatic rings. The molecular formula is C14H17N2O+. The maximum atomic E-state index is 11.1. The molecule has 0 aliphatic carbocycles. The molecule has 0 N–H and O–H groups in total. The average molecular weight is 229 g/mol. The van der Waals surface area contributed by atoms with Gasteiger partial charge in [0.05, 0.1) is 0 Å². The molecule has 2 rings (SSSR count). The molecule has 2 aromatic rings. The zero-order chi connectivity index (χ0) is 12.3. The molecule has 0 radical (unpaired) electrons. The molecule has 0 aliphatic heterocycles. The van der Waals surface area contributed by atoms with E-state index in [0.29, 0.717) is 6.54 Å². The molecule has 0 amide bonds. The summed E-state index contributed by atoms with van der Waals surface area (Å²) in [4.78, 5) is 11.1. The van der Waals surface area contributed by atoms with Crippen LogP contribution >= 0.6 is 0 Å². The van der Waals surface area contributed by atoms with Crippen LogP contribution in [0.15, 0.2) is 42.7 Å². The standard InChI is InChI=1S/C14H17N2O/c1-12(17)10-15-8-9-16(13(15)2)11-14-6-4-3-5-7-14/h3-9H,10-11H2,1-2H3/q+1. The summed E-state index contributed by atoms with van der Waals surface area (Å²) in [5.41, 5.74) is 1.26. The number of rotatable bonds is 4. The summed E-state index contributed by atoms with van der Waals surface area (Å²) in [5.74, 6) is 1.28. The number of benzene rings is 1. The van der Waals surface area contributed by atoms with Crippen molar-refractivity contribution in [2.45, 2.75) is 26.9 Å². The quantitative estimate of drug-likeness (QED) is 0.733. The summed E-state index contributed by atoms with van der Waals surface area (Å²) in [7, 11) is 0. The number of Topliss-reactive ketones (excluding diaryl/α,β-unsaturated/α-hetero) is 1. The molecule has 1 aromatic heterocycles. The van der Waals surface area contributed by atoms with E-state index in [1.54, 1.807) is 6.92 Å². The van der Waals surface area contributed by atoms with Crippen LogP contribution in [0, 0.1) is 6.92 Å². The van der Waals surface area contributed by atoms with Gasteiger partial charge >= 0.3 is 0 Å². The topological polar surface area (TPSA) is 25.9 Å². The number of carbonyl (C=O) groups is 1. The highest BCUT2D eigenvalue weighted by molar-refractivity contribution is 5.75. The highest BCUT2D eigenvalue weighted by Crippen LogP contribution is 2.00. The van der Waals surface area contributed by atoms with Crippen molar-refractivity contribution in [3.8, 4) is 0 Å². The van der Waals surface area contributed by atoms with Gasteiger partial charge in [-0.2, -0.15) is 0 Å². The molecule has 0 saturated carbocycles. The van der Waals surface area contributed by atoms with E-state index in [9.17, 15) is 4.79 Å². The third-order valence-electron chi connectivity index (χ3n) is 2.85. The summed E-state index contributed by atoms with van der Waals surface area (Å²) < 4.78 is 4.13. The van der Waals surface area contributed by atoms with Gasteiger partial charge in [0.2, 0.25) is 0 Å². The molecule has 0 atom stereocenters. The Hall–Kier alpha value is -1.90. The number of aromatic nitrogens is 2. The second-order valence-corrected chi connectivity index (χ2v) is 4.29. The molecule has 0 fully saturated rings. The van der Waals surface area contributed by atoms with Crippen LogP contribution < -0.4 is 4.57 Å². The van der Waals surface area contributed by atoms with Crippen LogP contribution in [0.25, 0.3) is 0 Å². The fraction of sp³-hybridized carbons (Fsp3) is 0.286. The second-order valence-electron chi connectivity index (χ2n) is 4.29. The van der Waals surface area contributed by atoms with Gasteiger partial charge in [0.25, 0.3) is 5.82 Å². The van der Waals surface area contributed by atoms with E-state index in [0.717, 1.165) is 12.4 Å². The first kappa shape index (κ1) is 11.6. The largest absolute Gasteiger partial charge is 0.296 e. The van der Waals surface area contributed by atoms with Gasteiger partial charge in [-0.3, -0.25) is 4.79 Å². The predicted octanol–water partition coefficient (Wildman–Crippen LogP) is 1.72. The Morgan fingerprint density at radius 1 is 1.29 bits per heavy atom. The predicted molar refractivity (Wildman–Crippen MR) is 65.6 cm³/mol. The van der Waals surface area contributed by atoms with Gasteiger partial charge in [-0.1, -0.05) is 30.3 Å². The van der Waals surface area contributed by atoms with E-state index < -0.39 is 0 Å². The molecule has 3 heteroatoms. The average Bonchev–Trinajstić information content (AvgIpc) is 2.62. The Morgan fingerprint density at radius 3 is 2.65 bits per heavy atom. The summed E-state index contributed by atoms with van der Waals surface area (Å²) in [6.45, 7) is 4.94. The van der Waals surface area contributed by atoms with Crippen LogP contribution in [-0.4, -0.2) is 10.4 Å². The Kier molecular flexibility index (Phi) is 3.38. The molecule has 17 heavy (non-hydrogen) atoms. The van der Waals surface area contributed by atoms with Crippen molar-refractivity contribution in [1.82, 2.24) is 4.57 Å². The van der Waals surface area contributed by atoms with Crippen LogP contribution in [0.4, 0.5) is 0 Å². The molecule has 88 valence electrons. The summed E-state index contributed by atoms with van der Waals surface area (Å²) in [6, 6.07) is 10.3. The SMILES string of the molecule is CC(=O)Cn1cc[n+](Cc2ccccc2)c1C. The van der Waals surface area contributed by atoms with Crippen molar-refractivity contribution in [3.63, 3.8) is 0 Å². The normalized spacial score (nSPS) is 10.5. The lowest BCUT2D eigenvalue weighted by molar-refractivity contribution is -0.693. The van der Waals surface area contributed by atoms with Crippen LogP contribution in [0.3, 0.4) is 0 Å².